The number of piperazine rings is 1. The van der Waals surface area contributed by atoms with E-state index in [0.29, 0.717) is 61.7 Å². The first kappa shape index (κ1) is 25.3. The Balaban J connectivity index is 1.54. The predicted octanol–water partition coefficient (Wildman–Crippen LogP) is 3.74. The van der Waals surface area contributed by atoms with Crippen molar-refractivity contribution >= 4 is 28.4 Å². The summed E-state index contributed by atoms with van der Waals surface area (Å²) in [6, 6.07) is 7.35. The molecule has 2 N–H and O–H groups in total. The lowest BCUT2D eigenvalue weighted by Gasteiger charge is -2.36. The van der Waals surface area contributed by atoms with Gasteiger partial charge in [0.1, 0.15) is 5.82 Å². The van der Waals surface area contributed by atoms with E-state index in [1.54, 1.807) is 12.3 Å². The summed E-state index contributed by atoms with van der Waals surface area (Å²) in [5.74, 6) is -1.16. The van der Waals surface area contributed by atoms with Crippen LogP contribution in [0.15, 0.2) is 36.5 Å². The van der Waals surface area contributed by atoms with Gasteiger partial charge in [-0.25, -0.2) is 13.8 Å². The lowest BCUT2D eigenvalue weighted by atomic mass is 10.0. The average Bonchev–Trinajstić information content (AvgIpc) is 2.89. The Morgan fingerprint density at radius 1 is 1.11 bits per heavy atom. The highest BCUT2D eigenvalue weighted by Crippen LogP contribution is 2.29. The van der Waals surface area contributed by atoms with E-state index in [1.807, 2.05) is 17.9 Å². The number of anilines is 2. The van der Waals surface area contributed by atoms with Crippen LogP contribution < -0.4 is 15.5 Å². The molecule has 0 aliphatic carbocycles. The Labute approximate surface area is 215 Å². The summed E-state index contributed by atoms with van der Waals surface area (Å²) in [5, 5.41) is 6.69. The molecule has 2 fully saturated rings. The van der Waals surface area contributed by atoms with Crippen molar-refractivity contribution in [1.29, 1.82) is 0 Å². The van der Waals surface area contributed by atoms with E-state index >= 15 is 0 Å². The van der Waals surface area contributed by atoms with Crippen molar-refractivity contribution in [2.24, 2.45) is 0 Å². The van der Waals surface area contributed by atoms with Gasteiger partial charge in [0.2, 0.25) is 0 Å². The van der Waals surface area contributed by atoms with Gasteiger partial charge in [0.15, 0.2) is 11.6 Å². The van der Waals surface area contributed by atoms with Gasteiger partial charge in [0, 0.05) is 61.1 Å². The smallest absolute Gasteiger partial charge is 0.254 e. The van der Waals surface area contributed by atoms with Crippen LogP contribution in [-0.2, 0) is 4.74 Å². The second kappa shape index (κ2) is 10.5. The molecule has 37 heavy (non-hydrogen) atoms. The minimum absolute atomic E-state index is 0.0672. The molecule has 3 aromatic rings. The van der Waals surface area contributed by atoms with Crippen LogP contribution in [0, 0.1) is 11.6 Å². The van der Waals surface area contributed by atoms with Crippen LogP contribution >= 0.6 is 0 Å². The normalized spacial score (nSPS) is 21.2. The molecule has 8 nitrogen and oxygen atoms in total. The van der Waals surface area contributed by atoms with E-state index in [4.69, 9.17) is 9.72 Å². The van der Waals surface area contributed by atoms with Gasteiger partial charge in [0.05, 0.1) is 36.5 Å². The van der Waals surface area contributed by atoms with E-state index in [0.717, 1.165) is 23.5 Å². The molecular formula is C27H32F2N6O2. The molecule has 2 aliphatic heterocycles. The van der Waals surface area contributed by atoms with Crippen molar-refractivity contribution in [3.8, 4) is 0 Å². The van der Waals surface area contributed by atoms with E-state index in [9.17, 15) is 13.6 Å². The van der Waals surface area contributed by atoms with Gasteiger partial charge in [-0.15, -0.1) is 0 Å². The lowest BCUT2D eigenvalue weighted by Crippen LogP contribution is -2.55. The maximum absolute atomic E-state index is 13.9. The van der Waals surface area contributed by atoms with Crippen LogP contribution in [0.3, 0.4) is 0 Å². The standard InChI is InChI=1S/C27H32F2N6O2/c1-16-14-35(15-17(2)31-16)27(36)19-10-21(18(3)32-20-4-5-22(28)23(29)12-20)26-24(11-19)30-13-25(33-26)34-6-8-37-9-7-34/h4-5,10-13,16-18,31-32H,6-9,14-15H2,1-3H3. The quantitative estimate of drug-likeness (QED) is 0.541. The predicted molar refractivity (Wildman–Crippen MR) is 139 cm³/mol. The number of nitrogens with one attached hydrogen (secondary N) is 2. The van der Waals surface area contributed by atoms with Crippen molar-refractivity contribution in [1.82, 2.24) is 20.2 Å². The summed E-state index contributed by atoms with van der Waals surface area (Å²) in [5.41, 5.74) is 2.97. The number of hydrogen-bond donors (Lipinski definition) is 2. The molecule has 0 spiro atoms. The number of halogens is 2. The monoisotopic (exact) mass is 510 g/mol. The van der Waals surface area contributed by atoms with Gasteiger partial charge < -0.3 is 25.2 Å². The molecule has 3 unspecified atom stereocenters. The van der Waals surface area contributed by atoms with Crippen molar-refractivity contribution in [2.75, 3.05) is 49.6 Å². The molecule has 196 valence electrons. The molecule has 0 saturated carbocycles. The molecule has 10 heteroatoms. The zero-order valence-electron chi connectivity index (χ0n) is 21.3. The number of ether oxygens (including phenoxy) is 1. The topological polar surface area (TPSA) is 82.6 Å². The summed E-state index contributed by atoms with van der Waals surface area (Å²) < 4.78 is 32.8. The molecule has 3 atom stereocenters. The first-order valence-electron chi connectivity index (χ1n) is 12.7. The van der Waals surface area contributed by atoms with Gasteiger partial charge in [0.25, 0.3) is 5.91 Å². The van der Waals surface area contributed by atoms with Gasteiger partial charge in [-0.3, -0.25) is 9.78 Å². The molecule has 0 bridgehead atoms. The highest BCUT2D eigenvalue weighted by Gasteiger charge is 2.27. The van der Waals surface area contributed by atoms with Gasteiger partial charge in [-0.1, -0.05) is 0 Å². The molecule has 2 aromatic carbocycles. The summed E-state index contributed by atoms with van der Waals surface area (Å²) in [6.07, 6.45) is 1.73. The van der Waals surface area contributed by atoms with Crippen LogP contribution in [0.1, 0.15) is 42.7 Å². The lowest BCUT2D eigenvalue weighted by molar-refractivity contribution is 0.0674. The van der Waals surface area contributed by atoms with Crippen molar-refractivity contribution in [3.63, 3.8) is 0 Å². The first-order valence-corrected chi connectivity index (χ1v) is 12.7. The number of amides is 1. The van der Waals surface area contributed by atoms with Crippen LogP contribution in [0.4, 0.5) is 20.3 Å². The SMILES string of the molecule is CC1CN(C(=O)c2cc(C(C)Nc3ccc(F)c(F)c3)c3nc(N4CCOCC4)cnc3c2)CC(C)N1. The molecule has 1 amide bonds. The zero-order valence-corrected chi connectivity index (χ0v) is 21.3. The maximum Gasteiger partial charge on any atom is 0.254 e. The fourth-order valence-corrected chi connectivity index (χ4v) is 5.12. The number of carbonyl (C=O) groups excluding carboxylic acids is 1. The molecular weight excluding hydrogens is 478 g/mol. The first-order chi connectivity index (χ1) is 17.8. The number of rotatable bonds is 5. The van der Waals surface area contributed by atoms with Gasteiger partial charge in [-0.05, 0) is 45.0 Å². The molecule has 1 aromatic heterocycles. The van der Waals surface area contributed by atoms with Crippen LogP contribution in [0.5, 0.6) is 0 Å². The second-order valence-corrected chi connectivity index (χ2v) is 9.93. The van der Waals surface area contributed by atoms with E-state index in [1.165, 1.54) is 6.07 Å². The number of nitrogens with zero attached hydrogens (tertiary/aromatic N) is 4. The number of benzene rings is 2. The Morgan fingerprint density at radius 2 is 1.84 bits per heavy atom. The minimum Gasteiger partial charge on any atom is -0.378 e. The number of aromatic nitrogens is 2. The number of carbonyl (C=O) groups is 1. The van der Waals surface area contributed by atoms with Gasteiger partial charge in [-0.2, -0.15) is 0 Å². The Kier molecular flexibility index (Phi) is 7.21. The number of hydrogen-bond acceptors (Lipinski definition) is 7. The van der Waals surface area contributed by atoms with Crippen LogP contribution in [-0.4, -0.2) is 72.3 Å². The van der Waals surface area contributed by atoms with Crippen molar-refractivity contribution < 1.29 is 18.3 Å². The summed E-state index contributed by atoms with van der Waals surface area (Å²) in [7, 11) is 0. The molecule has 3 heterocycles. The summed E-state index contributed by atoms with van der Waals surface area (Å²) in [4.78, 5) is 27.2. The average molecular weight is 511 g/mol. The largest absolute Gasteiger partial charge is 0.378 e. The highest BCUT2D eigenvalue weighted by atomic mass is 19.2. The molecule has 5 rings (SSSR count). The maximum atomic E-state index is 13.9. The second-order valence-electron chi connectivity index (χ2n) is 9.93. The van der Waals surface area contributed by atoms with E-state index in [2.05, 4.69) is 34.4 Å². The third kappa shape index (κ3) is 5.50. The van der Waals surface area contributed by atoms with E-state index < -0.39 is 11.6 Å². The number of morpholine rings is 1. The van der Waals surface area contributed by atoms with Crippen LogP contribution in [0.2, 0.25) is 0 Å². The Hall–Kier alpha value is -3.37. The summed E-state index contributed by atoms with van der Waals surface area (Å²) >= 11 is 0. The van der Waals surface area contributed by atoms with Gasteiger partial charge >= 0.3 is 0 Å². The number of fused-ring (bicyclic) bond motifs is 1. The molecule has 2 aliphatic rings. The molecule has 2 saturated heterocycles. The Morgan fingerprint density at radius 3 is 2.54 bits per heavy atom. The van der Waals surface area contributed by atoms with Crippen molar-refractivity contribution in [3.05, 3.63) is 59.3 Å². The summed E-state index contributed by atoms with van der Waals surface area (Å²) in [6.45, 7) is 9.93. The fourth-order valence-electron chi connectivity index (χ4n) is 5.12. The highest BCUT2D eigenvalue weighted by molar-refractivity contribution is 5.98. The fraction of sp³-hybridized carbons (Fsp3) is 0.444. The van der Waals surface area contributed by atoms with Crippen molar-refractivity contribution in [2.45, 2.75) is 38.9 Å². The third-order valence-electron chi connectivity index (χ3n) is 6.86. The third-order valence-corrected chi connectivity index (χ3v) is 6.86. The molecule has 0 radical (unpaired) electrons. The van der Waals surface area contributed by atoms with Crippen LogP contribution in [0.25, 0.3) is 11.0 Å². The Bertz CT molecular complexity index is 1290. The minimum atomic E-state index is -0.928. The van der Waals surface area contributed by atoms with E-state index in [-0.39, 0.29) is 24.0 Å². The zero-order chi connectivity index (χ0) is 26.1.